The monoisotopic (exact) mass is 372 g/mol. The summed E-state index contributed by atoms with van der Waals surface area (Å²) in [5.41, 5.74) is 2.03. The Hall–Kier alpha value is -3.62. The molecule has 1 atom stereocenters. The summed E-state index contributed by atoms with van der Waals surface area (Å²) < 4.78 is 0. The Balaban J connectivity index is 1.90. The lowest BCUT2D eigenvalue weighted by molar-refractivity contribution is 0.0603. The van der Waals surface area contributed by atoms with Gasteiger partial charge in [-0.3, -0.25) is 4.79 Å². The molecular weight excluding hydrogens is 352 g/mol. The maximum absolute atomic E-state index is 13.1. The second kappa shape index (κ2) is 8.85. The molecule has 0 spiro atoms. The van der Waals surface area contributed by atoms with E-state index in [-0.39, 0.29) is 29.3 Å². The molecule has 2 N–H and O–H groups in total. The zero-order valence-corrected chi connectivity index (χ0v) is 15.2. The number of rotatable bonds is 6. The van der Waals surface area contributed by atoms with E-state index in [1.54, 1.807) is 12.1 Å². The molecule has 0 radical (unpaired) electrons. The highest BCUT2D eigenvalue weighted by Gasteiger charge is 2.21. The van der Waals surface area contributed by atoms with E-state index < -0.39 is 6.10 Å². The second-order valence-electron chi connectivity index (χ2n) is 6.48. The van der Waals surface area contributed by atoms with Gasteiger partial charge in [-0.1, -0.05) is 60.7 Å². The van der Waals surface area contributed by atoms with Crippen molar-refractivity contribution in [1.82, 2.24) is 4.90 Å². The van der Waals surface area contributed by atoms with Gasteiger partial charge in [0.25, 0.3) is 5.91 Å². The minimum Gasteiger partial charge on any atom is -0.508 e. The van der Waals surface area contributed by atoms with Gasteiger partial charge in [-0.15, -0.1) is 0 Å². The van der Waals surface area contributed by atoms with E-state index in [9.17, 15) is 15.0 Å². The molecule has 0 heterocycles. The lowest BCUT2D eigenvalue weighted by Crippen LogP contribution is -2.34. The Morgan fingerprint density at radius 1 is 1.00 bits per heavy atom. The number of nitrogens with zero attached hydrogens (tertiary/aromatic N) is 2. The quantitative estimate of drug-likeness (QED) is 0.692. The van der Waals surface area contributed by atoms with Crippen molar-refractivity contribution in [2.24, 2.45) is 0 Å². The van der Waals surface area contributed by atoms with Crippen LogP contribution < -0.4 is 0 Å². The van der Waals surface area contributed by atoms with Crippen molar-refractivity contribution in [3.05, 3.63) is 101 Å². The Bertz CT molecular complexity index is 982. The Kier molecular flexibility index (Phi) is 6.05. The summed E-state index contributed by atoms with van der Waals surface area (Å²) in [4.78, 5) is 14.6. The van der Waals surface area contributed by atoms with Crippen LogP contribution in [0.1, 0.15) is 33.2 Å². The van der Waals surface area contributed by atoms with Gasteiger partial charge in [0.15, 0.2) is 0 Å². The third-order valence-electron chi connectivity index (χ3n) is 4.37. The minimum atomic E-state index is -0.860. The van der Waals surface area contributed by atoms with Gasteiger partial charge in [-0.25, -0.2) is 0 Å². The number of benzene rings is 3. The van der Waals surface area contributed by atoms with E-state index in [0.717, 1.165) is 5.56 Å². The van der Waals surface area contributed by atoms with Crippen LogP contribution in [0.15, 0.2) is 78.9 Å². The molecule has 140 valence electrons. The number of phenols is 1. The smallest absolute Gasteiger partial charge is 0.254 e. The van der Waals surface area contributed by atoms with Gasteiger partial charge in [0.05, 0.1) is 24.3 Å². The molecule has 3 aromatic carbocycles. The number of aliphatic hydroxyl groups excluding tert-OH is 1. The summed E-state index contributed by atoms with van der Waals surface area (Å²) in [7, 11) is 0. The van der Waals surface area contributed by atoms with Crippen LogP contribution in [-0.4, -0.2) is 27.6 Å². The Labute approximate surface area is 163 Å². The van der Waals surface area contributed by atoms with Crippen LogP contribution in [0.3, 0.4) is 0 Å². The van der Waals surface area contributed by atoms with Gasteiger partial charge >= 0.3 is 0 Å². The first kappa shape index (κ1) is 19.2. The Morgan fingerprint density at radius 2 is 1.64 bits per heavy atom. The van der Waals surface area contributed by atoms with Crippen molar-refractivity contribution < 1.29 is 15.0 Å². The fourth-order valence-electron chi connectivity index (χ4n) is 2.99. The minimum absolute atomic E-state index is 0.0787. The maximum Gasteiger partial charge on any atom is 0.254 e. The van der Waals surface area contributed by atoms with E-state index in [1.165, 1.54) is 23.1 Å². The number of nitriles is 1. The summed E-state index contributed by atoms with van der Waals surface area (Å²) in [5.74, 6) is -0.517. The number of carbonyl (C=O) groups excluding carboxylic acids is 1. The molecule has 0 bridgehead atoms. The summed E-state index contributed by atoms with van der Waals surface area (Å²) in [6.07, 6.45) is -0.860. The van der Waals surface area contributed by atoms with Gasteiger partial charge in [0.1, 0.15) is 5.75 Å². The number of hydrogen-bond donors (Lipinski definition) is 2. The Morgan fingerprint density at radius 3 is 2.29 bits per heavy atom. The van der Waals surface area contributed by atoms with Gasteiger partial charge in [0, 0.05) is 12.1 Å². The predicted octanol–water partition coefficient (Wildman–Crippen LogP) is 3.64. The second-order valence-corrected chi connectivity index (χ2v) is 6.48. The molecule has 5 heteroatoms. The summed E-state index contributed by atoms with van der Waals surface area (Å²) >= 11 is 0. The molecule has 0 aliphatic rings. The van der Waals surface area contributed by atoms with Crippen LogP contribution in [0, 0.1) is 11.3 Å². The van der Waals surface area contributed by atoms with Crippen molar-refractivity contribution in [2.75, 3.05) is 6.54 Å². The molecule has 1 amide bonds. The molecule has 0 aromatic heterocycles. The topological polar surface area (TPSA) is 84.6 Å². The molecule has 3 aromatic rings. The van der Waals surface area contributed by atoms with Crippen molar-refractivity contribution in [2.45, 2.75) is 12.6 Å². The molecule has 0 fully saturated rings. The average molecular weight is 372 g/mol. The summed E-state index contributed by atoms with van der Waals surface area (Å²) in [6, 6.07) is 24.6. The van der Waals surface area contributed by atoms with E-state index in [2.05, 4.69) is 0 Å². The van der Waals surface area contributed by atoms with Gasteiger partial charge in [0.2, 0.25) is 0 Å². The zero-order chi connectivity index (χ0) is 19.9. The lowest BCUT2D eigenvalue weighted by Gasteiger charge is -2.26. The first-order chi connectivity index (χ1) is 13.6. The fourth-order valence-corrected chi connectivity index (χ4v) is 2.99. The van der Waals surface area contributed by atoms with Crippen LogP contribution in [0.25, 0.3) is 0 Å². The lowest BCUT2D eigenvalue weighted by atomic mass is 10.1. The number of hydrogen-bond acceptors (Lipinski definition) is 4. The van der Waals surface area contributed by atoms with Crippen LogP contribution in [0.5, 0.6) is 5.75 Å². The fraction of sp³-hybridized carbons (Fsp3) is 0.130. The number of aromatic hydroxyl groups is 1. The van der Waals surface area contributed by atoms with Crippen LogP contribution in [0.2, 0.25) is 0 Å². The average Bonchev–Trinajstić information content (AvgIpc) is 2.73. The first-order valence-electron chi connectivity index (χ1n) is 8.87. The third-order valence-corrected chi connectivity index (χ3v) is 4.37. The molecule has 0 aliphatic carbocycles. The zero-order valence-electron chi connectivity index (χ0n) is 15.2. The van der Waals surface area contributed by atoms with Crippen LogP contribution >= 0.6 is 0 Å². The van der Waals surface area contributed by atoms with Crippen LogP contribution in [-0.2, 0) is 6.54 Å². The summed E-state index contributed by atoms with van der Waals surface area (Å²) in [5, 5.41) is 29.6. The van der Waals surface area contributed by atoms with Gasteiger partial charge in [-0.05, 0) is 29.3 Å². The SMILES string of the molecule is N#Cc1cc(O)cc(C(=O)N(Cc2ccccc2)CC(O)c2ccccc2)c1. The van der Waals surface area contributed by atoms with Crippen LogP contribution in [0.4, 0.5) is 0 Å². The number of phenolic OH excluding ortho intramolecular Hbond substituents is 1. The predicted molar refractivity (Wildman–Crippen MR) is 105 cm³/mol. The molecule has 0 saturated carbocycles. The van der Waals surface area contributed by atoms with E-state index in [4.69, 9.17) is 5.26 Å². The van der Waals surface area contributed by atoms with Gasteiger partial charge in [-0.2, -0.15) is 5.26 Å². The molecule has 3 rings (SSSR count). The highest BCUT2D eigenvalue weighted by molar-refractivity contribution is 5.95. The van der Waals surface area contributed by atoms with Crippen molar-refractivity contribution >= 4 is 5.91 Å². The van der Waals surface area contributed by atoms with Gasteiger partial charge < -0.3 is 15.1 Å². The molecule has 28 heavy (non-hydrogen) atoms. The molecular formula is C23H20N2O3. The normalized spacial score (nSPS) is 11.4. The molecule has 5 nitrogen and oxygen atoms in total. The molecule has 1 unspecified atom stereocenters. The van der Waals surface area contributed by atoms with Crippen molar-refractivity contribution in [3.8, 4) is 11.8 Å². The summed E-state index contributed by atoms with van der Waals surface area (Å²) in [6.45, 7) is 0.371. The highest BCUT2D eigenvalue weighted by atomic mass is 16.3. The third kappa shape index (κ3) is 4.76. The van der Waals surface area contributed by atoms with E-state index >= 15 is 0 Å². The number of aliphatic hydroxyl groups is 1. The highest BCUT2D eigenvalue weighted by Crippen LogP contribution is 2.21. The maximum atomic E-state index is 13.1. The van der Waals surface area contributed by atoms with E-state index in [1.807, 2.05) is 54.6 Å². The van der Waals surface area contributed by atoms with Crippen molar-refractivity contribution in [3.63, 3.8) is 0 Å². The largest absolute Gasteiger partial charge is 0.508 e. The standard InChI is InChI=1S/C23H20N2O3/c24-14-18-11-20(13-21(26)12-18)23(28)25(15-17-7-3-1-4-8-17)16-22(27)19-9-5-2-6-10-19/h1-13,22,26-27H,15-16H2. The van der Waals surface area contributed by atoms with Crippen molar-refractivity contribution in [1.29, 1.82) is 5.26 Å². The van der Waals surface area contributed by atoms with E-state index in [0.29, 0.717) is 12.1 Å². The molecule has 0 saturated heterocycles. The first-order valence-corrected chi connectivity index (χ1v) is 8.87. The molecule has 0 aliphatic heterocycles. The number of amides is 1. The number of carbonyl (C=O) groups is 1.